The van der Waals surface area contributed by atoms with E-state index in [-0.39, 0.29) is 5.79 Å². The molecule has 3 rings (SSSR count). The Kier molecular flexibility index (Phi) is 3.41. The summed E-state index contributed by atoms with van der Waals surface area (Å²) in [5.74, 6) is -0.260. The van der Waals surface area contributed by atoms with E-state index in [4.69, 9.17) is 21.1 Å². The SMILES string of the molecule is Clc1ccc(CN2CCC3(CC2)OCCO3)s1. The highest BCUT2D eigenvalue weighted by Gasteiger charge is 2.39. The van der Waals surface area contributed by atoms with Crippen LogP contribution in [0.3, 0.4) is 0 Å². The van der Waals surface area contributed by atoms with E-state index >= 15 is 0 Å². The van der Waals surface area contributed by atoms with Crippen molar-refractivity contribution in [3.05, 3.63) is 21.3 Å². The molecule has 1 aromatic heterocycles. The maximum atomic E-state index is 5.94. The van der Waals surface area contributed by atoms with Gasteiger partial charge >= 0.3 is 0 Å². The summed E-state index contributed by atoms with van der Waals surface area (Å²) >= 11 is 7.60. The lowest BCUT2D eigenvalue weighted by molar-refractivity contribution is -0.185. The van der Waals surface area contributed by atoms with Crippen molar-refractivity contribution in [1.29, 1.82) is 0 Å². The summed E-state index contributed by atoms with van der Waals surface area (Å²) in [5.41, 5.74) is 0. The molecule has 0 bridgehead atoms. The van der Waals surface area contributed by atoms with Crippen molar-refractivity contribution < 1.29 is 9.47 Å². The molecule has 3 heterocycles. The second kappa shape index (κ2) is 4.86. The van der Waals surface area contributed by atoms with E-state index in [1.807, 2.05) is 6.07 Å². The largest absolute Gasteiger partial charge is 0.347 e. The number of halogens is 1. The Morgan fingerprint density at radius 2 is 1.94 bits per heavy atom. The number of rotatable bonds is 2. The highest BCUT2D eigenvalue weighted by Crippen LogP contribution is 2.32. The standard InChI is InChI=1S/C12H16ClNO2S/c13-11-2-1-10(17-11)9-14-5-3-12(4-6-14)15-7-8-16-12/h1-2H,3-9H2. The van der Waals surface area contributed by atoms with Crippen molar-refractivity contribution in [3.8, 4) is 0 Å². The van der Waals surface area contributed by atoms with Crippen molar-refractivity contribution in [1.82, 2.24) is 4.90 Å². The predicted molar refractivity (Wildman–Crippen MR) is 68.5 cm³/mol. The van der Waals surface area contributed by atoms with Crippen molar-refractivity contribution in [2.24, 2.45) is 0 Å². The molecule has 2 saturated heterocycles. The van der Waals surface area contributed by atoms with Crippen LogP contribution < -0.4 is 0 Å². The summed E-state index contributed by atoms with van der Waals surface area (Å²) in [7, 11) is 0. The lowest BCUT2D eigenvalue weighted by Gasteiger charge is -2.37. The van der Waals surface area contributed by atoms with Crippen LogP contribution >= 0.6 is 22.9 Å². The monoisotopic (exact) mass is 273 g/mol. The summed E-state index contributed by atoms with van der Waals surface area (Å²) < 4.78 is 12.3. The smallest absolute Gasteiger partial charge is 0.170 e. The van der Waals surface area contributed by atoms with E-state index in [0.29, 0.717) is 0 Å². The fraction of sp³-hybridized carbons (Fsp3) is 0.667. The molecule has 0 unspecified atom stereocenters. The Balaban J connectivity index is 1.54. The molecule has 0 aromatic carbocycles. The molecule has 0 aliphatic carbocycles. The second-order valence-electron chi connectivity index (χ2n) is 4.59. The number of piperidine rings is 1. The maximum Gasteiger partial charge on any atom is 0.170 e. The molecule has 3 nitrogen and oxygen atoms in total. The first-order valence-corrected chi connectivity index (χ1v) is 7.20. The molecule has 1 spiro atoms. The van der Waals surface area contributed by atoms with Crippen LogP contribution in [0.25, 0.3) is 0 Å². The second-order valence-corrected chi connectivity index (χ2v) is 6.39. The van der Waals surface area contributed by atoms with Gasteiger partial charge < -0.3 is 9.47 Å². The van der Waals surface area contributed by atoms with Gasteiger partial charge in [-0.05, 0) is 12.1 Å². The molecule has 2 fully saturated rings. The van der Waals surface area contributed by atoms with Gasteiger partial charge in [0.1, 0.15) is 0 Å². The van der Waals surface area contributed by atoms with Crippen molar-refractivity contribution in [2.75, 3.05) is 26.3 Å². The molecule has 0 amide bonds. The van der Waals surface area contributed by atoms with E-state index in [9.17, 15) is 0 Å². The van der Waals surface area contributed by atoms with E-state index < -0.39 is 0 Å². The number of likely N-dealkylation sites (tertiary alicyclic amines) is 1. The third-order valence-corrected chi connectivity index (χ3v) is 4.66. The fourth-order valence-corrected chi connectivity index (χ4v) is 3.62. The van der Waals surface area contributed by atoms with Crippen LogP contribution in [0.1, 0.15) is 17.7 Å². The zero-order valence-corrected chi connectivity index (χ0v) is 11.2. The van der Waals surface area contributed by atoms with Gasteiger partial charge in [0, 0.05) is 37.4 Å². The van der Waals surface area contributed by atoms with E-state index in [2.05, 4.69) is 11.0 Å². The molecule has 94 valence electrons. The third kappa shape index (κ3) is 2.66. The van der Waals surface area contributed by atoms with Crippen LogP contribution in [0.4, 0.5) is 0 Å². The molecule has 2 aliphatic heterocycles. The summed E-state index contributed by atoms with van der Waals surface area (Å²) in [5, 5.41) is 0. The minimum absolute atomic E-state index is 0.260. The van der Waals surface area contributed by atoms with Crippen molar-refractivity contribution >= 4 is 22.9 Å². The van der Waals surface area contributed by atoms with Gasteiger partial charge in [-0.1, -0.05) is 11.6 Å². The molecular weight excluding hydrogens is 258 g/mol. The molecule has 0 radical (unpaired) electrons. The Labute approximate surface area is 110 Å². The lowest BCUT2D eigenvalue weighted by atomic mass is 10.0. The first kappa shape index (κ1) is 11.9. The quantitative estimate of drug-likeness (QED) is 0.827. The Hall–Kier alpha value is -0.130. The van der Waals surface area contributed by atoms with Gasteiger partial charge in [-0.2, -0.15) is 0 Å². The van der Waals surface area contributed by atoms with Gasteiger partial charge in [0.15, 0.2) is 5.79 Å². The average Bonchev–Trinajstić information content (AvgIpc) is 2.93. The van der Waals surface area contributed by atoms with Crippen LogP contribution in [-0.4, -0.2) is 37.0 Å². The highest BCUT2D eigenvalue weighted by atomic mass is 35.5. The predicted octanol–water partition coefficient (Wildman–Crippen LogP) is 2.74. The first-order chi connectivity index (χ1) is 8.26. The maximum absolute atomic E-state index is 5.94. The number of thiophene rings is 1. The van der Waals surface area contributed by atoms with Gasteiger partial charge in [0.2, 0.25) is 0 Å². The molecule has 5 heteroatoms. The topological polar surface area (TPSA) is 21.7 Å². The Morgan fingerprint density at radius 1 is 1.24 bits per heavy atom. The van der Waals surface area contributed by atoms with E-state index in [1.165, 1.54) is 4.88 Å². The lowest BCUT2D eigenvalue weighted by Crippen LogP contribution is -2.44. The molecule has 0 saturated carbocycles. The van der Waals surface area contributed by atoms with E-state index in [0.717, 1.165) is 50.0 Å². The first-order valence-electron chi connectivity index (χ1n) is 6.00. The van der Waals surface area contributed by atoms with Gasteiger partial charge in [-0.25, -0.2) is 0 Å². The fourth-order valence-electron chi connectivity index (χ4n) is 2.49. The van der Waals surface area contributed by atoms with Gasteiger partial charge in [0.25, 0.3) is 0 Å². The average molecular weight is 274 g/mol. The van der Waals surface area contributed by atoms with Gasteiger partial charge in [-0.3, -0.25) is 4.90 Å². The number of hydrogen-bond donors (Lipinski definition) is 0. The minimum atomic E-state index is -0.260. The Bertz CT molecular complexity index is 380. The van der Waals surface area contributed by atoms with Gasteiger partial charge in [-0.15, -0.1) is 11.3 Å². The zero-order chi connectivity index (χ0) is 11.7. The van der Waals surface area contributed by atoms with Crippen molar-refractivity contribution in [2.45, 2.75) is 25.2 Å². The van der Waals surface area contributed by atoms with E-state index in [1.54, 1.807) is 11.3 Å². The van der Waals surface area contributed by atoms with Crippen LogP contribution in [0.15, 0.2) is 12.1 Å². The normalized spacial score (nSPS) is 24.5. The van der Waals surface area contributed by atoms with Crippen LogP contribution in [0.5, 0.6) is 0 Å². The molecule has 2 aliphatic rings. The summed E-state index contributed by atoms with van der Waals surface area (Å²) in [6, 6.07) is 4.08. The number of ether oxygens (including phenoxy) is 2. The van der Waals surface area contributed by atoms with Crippen LogP contribution in [0.2, 0.25) is 4.34 Å². The Morgan fingerprint density at radius 3 is 2.53 bits per heavy atom. The summed E-state index contributed by atoms with van der Waals surface area (Å²) in [6.07, 6.45) is 1.96. The number of nitrogens with zero attached hydrogens (tertiary/aromatic N) is 1. The highest BCUT2D eigenvalue weighted by molar-refractivity contribution is 7.16. The van der Waals surface area contributed by atoms with Crippen molar-refractivity contribution in [3.63, 3.8) is 0 Å². The molecule has 17 heavy (non-hydrogen) atoms. The van der Waals surface area contributed by atoms with Crippen LogP contribution in [-0.2, 0) is 16.0 Å². The third-order valence-electron chi connectivity index (χ3n) is 3.44. The van der Waals surface area contributed by atoms with Gasteiger partial charge in [0.05, 0.1) is 17.6 Å². The molecule has 0 atom stereocenters. The zero-order valence-electron chi connectivity index (χ0n) is 9.65. The molecule has 0 N–H and O–H groups in total. The minimum Gasteiger partial charge on any atom is -0.347 e. The van der Waals surface area contributed by atoms with Crippen LogP contribution in [0, 0.1) is 0 Å². The summed E-state index contributed by atoms with van der Waals surface area (Å²) in [6.45, 7) is 4.57. The number of hydrogen-bond acceptors (Lipinski definition) is 4. The molecular formula is C12H16ClNO2S. The summed E-state index contributed by atoms with van der Waals surface area (Å²) in [4.78, 5) is 3.78. The molecule has 1 aromatic rings.